The number of phenolic OH excluding ortho intramolecular Hbond substituents is 2. The number of phenols is 2. The molecule has 0 saturated heterocycles. The minimum Gasteiger partial charge on any atom is -0.504 e. The Morgan fingerprint density at radius 3 is 2.42 bits per heavy atom. The molecule has 0 radical (unpaired) electrons. The molecule has 1 aromatic carbocycles. The molecule has 0 aliphatic carbocycles. The molecule has 138 valence electrons. The van der Waals surface area contributed by atoms with Crippen LogP contribution in [0, 0.1) is 5.41 Å². The number of rotatable bonds is 11. The first kappa shape index (κ1) is 20.7. The molecule has 0 unspecified atom stereocenters. The molecular formula is C17H28O6S. The van der Waals surface area contributed by atoms with Crippen LogP contribution in [0.3, 0.4) is 0 Å². The summed E-state index contributed by atoms with van der Waals surface area (Å²) in [6.45, 7) is 5.25. The maximum absolute atomic E-state index is 11.1. The summed E-state index contributed by atoms with van der Waals surface area (Å²) < 4.78 is 32.2. The van der Waals surface area contributed by atoms with Crippen LogP contribution in [0.1, 0.15) is 38.7 Å². The first-order valence-electron chi connectivity index (χ1n) is 8.02. The van der Waals surface area contributed by atoms with Gasteiger partial charge in [-0.05, 0) is 48.8 Å². The average Bonchev–Trinajstić information content (AvgIpc) is 2.52. The number of aryl methyl sites for hydroxylation is 1. The van der Waals surface area contributed by atoms with Gasteiger partial charge in [0.25, 0.3) is 10.1 Å². The van der Waals surface area contributed by atoms with Crippen molar-refractivity contribution >= 4 is 10.1 Å². The lowest BCUT2D eigenvalue weighted by Gasteiger charge is -2.24. The Morgan fingerprint density at radius 2 is 1.79 bits per heavy atom. The van der Waals surface area contributed by atoms with Crippen LogP contribution in [-0.4, -0.2) is 44.7 Å². The molecule has 0 saturated carbocycles. The standard InChI is InChI=1S/C17H28O6S/c1-17(2,8-7-14-5-6-15(18)16(19)13-14)9-11-23-10-4-12-24(20,21)22-3/h5-6,13,18-19H,4,7-12H2,1-3H3. The van der Waals surface area contributed by atoms with Crippen LogP contribution in [0.2, 0.25) is 0 Å². The number of hydrogen-bond acceptors (Lipinski definition) is 6. The van der Waals surface area contributed by atoms with Gasteiger partial charge in [0, 0.05) is 13.2 Å². The second-order valence-corrected chi connectivity index (χ2v) is 8.49. The molecule has 7 heteroatoms. The zero-order valence-electron chi connectivity index (χ0n) is 14.6. The second-order valence-electron chi connectivity index (χ2n) is 6.63. The zero-order valence-corrected chi connectivity index (χ0v) is 15.4. The van der Waals surface area contributed by atoms with E-state index in [0.717, 1.165) is 31.9 Å². The molecule has 0 amide bonds. The van der Waals surface area contributed by atoms with Gasteiger partial charge in [-0.15, -0.1) is 0 Å². The van der Waals surface area contributed by atoms with Gasteiger partial charge in [-0.1, -0.05) is 19.9 Å². The van der Waals surface area contributed by atoms with Crippen LogP contribution in [-0.2, 0) is 25.5 Å². The number of aromatic hydroxyl groups is 2. The summed E-state index contributed by atoms with van der Waals surface area (Å²) in [6.07, 6.45) is 2.99. The molecule has 0 bridgehead atoms. The van der Waals surface area contributed by atoms with Crippen molar-refractivity contribution < 1.29 is 27.6 Å². The van der Waals surface area contributed by atoms with Crippen molar-refractivity contribution in [2.75, 3.05) is 26.1 Å². The van der Waals surface area contributed by atoms with Crippen LogP contribution >= 0.6 is 0 Å². The molecule has 0 heterocycles. The maximum Gasteiger partial charge on any atom is 0.267 e. The molecule has 0 atom stereocenters. The zero-order chi connectivity index (χ0) is 18.2. The number of hydrogen-bond donors (Lipinski definition) is 2. The largest absolute Gasteiger partial charge is 0.504 e. The van der Waals surface area contributed by atoms with E-state index < -0.39 is 10.1 Å². The highest BCUT2D eigenvalue weighted by Gasteiger charge is 2.18. The molecule has 0 spiro atoms. The van der Waals surface area contributed by atoms with Crippen molar-refractivity contribution in [1.82, 2.24) is 0 Å². The molecule has 24 heavy (non-hydrogen) atoms. The summed E-state index contributed by atoms with van der Waals surface area (Å²) in [4.78, 5) is 0. The summed E-state index contributed by atoms with van der Waals surface area (Å²) >= 11 is 0. The van der Waals surface area contributed by atoms with Crippen LogP contribution in [0.25, 0.3) is 0 Å². The van der Waals surface area contributed by atoms with E-state index in [1.807, 2.05) is 0 Å². The number of benzene rings is 1. The van der Waals surface area contributed by atoms with Crippen LogP contribution in [0.4, 0.5) is 0 Å². The van der Waals surface area contributed by atoms with Crippen LogP contribution in [0.5, 0.6) is 11.5 Å². The van der Waals surface area contributed by atoms with E-state index in [2.05, 4.69) is 18.0 Å². The maximum atomic E-state index is 11.1. The van der Waals surface area contributed by atoms with Gasteiger partial charge in [0.2, 0.25) is 0 Å². The summed E-state index contributed by atoms with van der Waals surface area (Å²) in [5.41, 5.74) is 1.04. The Kier molecular flexibility index (Phi) is 7.99. The Labute approximate surface area is 144 Å². The van der Waals surface area contributed by atoms with Gasteiger partial charge in [0.1, 0.15) is 0 Å². The Bertz CT molecular complexity index is 610. The normalized spacial score (nSPS) is 12.5. The highest BCUT2D eigenvalue weighted by atomic mass is 32.2. The molecule has 0 fully saturated rings. The molecule has 1 rings (SSSR count). The monoisotopic (exact) mass is 360 g/mol. The van der Waals surface area contributed by atoms with Crippen molar-refractivity contribution in [3.05, 3.63) is 23.8 Å². The third-order valence-corrected chi connectivity index (χ3v) is 5.29. The average molecular weight is 360 g/mol. The van der Waals surface area contributed by atoms with E-state index in [4.69, 9.17) is 4.74 Å². The van der Waals surface area contributed by atoms with E-state index in [-0.39, 0.29) is 22.7 Å². The highest BCUT2D eigenvalue weighted by molar-refractivity contribution is 7.86. The third kappa shape index (κ3) is 7.99. The first-order chi connectivity index (χ1) is 11.2. The quantitative estimate of drug-likeness (QED) is 0.358. The van der Waals surface area contributed by atoms with Gasteiger partial charge in [-0.25, -0.2) is 0 Å². The second kappa shape index (κ2) is 9.25. The minimum atomic E-state index is -3.40. The van der Waals surface area contributed by atoms with Gasteiger partial charge >= 0.3 is 0 Å². The van der Waals surface area contributed by atoms with Gasteiger partial charge < -0.3 is 14.9 Å². The Morgan fingerprint density at radius 1 is 1.08 bits per heavy atom. The predicted octanol–water partition coefficient (Wildman–Crippen LogP) is 2.83. The van der Waals surface area contributed by atoms with E-state index in [9.17, 15) is 18.6 Å². The van der Waals surface area contributed by atoms with E-state index >= 15 is 0 Å². The smallest absolute Gasteiger partial charge is 0.267 e. The predicted molar refractivity (Wildman–Crippen MR) is 92.7 cm³/mol. The fourth-order valence-corrected chi connectivity index (χ4v) is 2.84. The van der Waals surface area contributed by atoms with Crippen LogP contribution in [0.15, 0.2) is 18.2 Å². The van der Waals surface area contributed by atoms with Crippen molar-refractivity contribution in [3.63, 3.8) is 0 Å². The van der Waals surface area contributed by atoms with Crippen molar-refractivity contribution in [1.29, 1.82) is 0 Å². The lowest BCUT2D eigenvalue weighted by Crippen LogP contribution is -2.17. The van der Waals surface area contributed by atoms with Crippen molar-refractivity contribution in [2.24, 2.45) is 5.41 Å². The van der Waals surface area contributed by atoms with Crippen LogP contribution < -0.4 is 0 Å². The summed E-state index contributed by atoms with van der Waals surface area (Å²) in [6, 6.07) is 4.88. The molecule has 0 aliphatic rings. The summed E-state index contributed by atoms with van der Waals surface area (Å²) in [7, 11) is -2.24. The summed E-state index contributed by atoms with van der Waals surface area (Å²) in [5, 5.41) is 18.8. The fraction of sp³-hybridized carbons (Fsp3) is 0.647. The summed E-state index contributed by atoms with van der Waals surface area (Å²) in [5.74, 6) is -0.237. The topological polar surface area (TPSA) is 93.1 Å². The van der Waals surface area contributed by atoms with Gasteiger partial charge in [0.05, 0.1) is 12.9 Å². The van der Waals surface area contributed by atoms with Crippen molar-refractivity contribution in [3.8, 4) is 11.5 Å². The lowest BCUT2D eigenvalue weighted by molar-refractivity contribution is 0.102. The Balaban J connectivity index is 2.25. The van der Waals surface area contributed by atoms with E-state index in [1.54, 1.807) is 12.1 Å². The minimum absolute atomic E-state index is 0.0305. The number of ether oxygens (including phenoxy) is 1. The fourth-order valence-electron chi connectivity index (χ4n) is 2.20. The SMILES string of the molecule is COS(=O)(=O)CCCOCCC(C)(C)CCc1ccc(O)c(O)c1. The molecule has 2 N–H and O–H groups in total. The lowest BCUT2D eigenvalue weighted by atomic mass is 9.83. The van der Waals surface area contributed by atoms with Gasteiger partial charge in [-0.3, -0.25) is 4.18 Å². The molecule has 0 aromatic heterocycles. The first-order valence-corrected chi connectivity index (χ1v) is 9.60. The highest BCUT2D eigenvalue weighted by Crippen LogP contribution is 2.30. The van der Waals surface area contributed by atoms with E-state index in [1.165, 1.54) is 6.07 Å². The van der Waals surface area contributed by atoms with Gasteiger partial charge in [0.15, 0.2) is 11.5 Å². The molecule has 1 aromatic rings. The molecule has 0 aliphatic heterocycles. The van der Waals surface area contributed by atoms with E-state index in [0.29, 0.717) is 19.6 Å². The van der Waals surface area contributed by atoms with Crippen molar-refractivity contribution in [2.45, 2.75) is 39.5 Å². The Hall–Kier alpha value is -1.31. The molecule has 6 nitrogen and oxygen atoms in total. The molecular weight excluding hydrogens is 332 g/mol. The van der Waals surface area contributed by atoms with Gasteiger partial charge in [-0.2, -0.15) is 8.42 Å². The third-order valence-electron chi connectivity index (χ3n) is 3.99.